The molecule has 1 aliphatic carbocycles. The van der Waals surface area contributed by atoms with Gasteiger partial charge in [0.05, 0.1) is 17.8 Å². The van der Waals surface area contributed by atoms with Gasteiger partial charge in [-0.3, -0.25) is 4.79 Å². The van der Waals surface area contributed by atoms with Gasteiger partial charge in [0.15, 0.2) is 0 Å². The third-order valence-electron chi connectivity index (χ3n) is 4.08. The van der Waals surface area contributed by atoms with Crippen molar-refractivity contribution in [3.8, 4) is 0 Å². The Kier molecular flexibility index (Phi) is 2.90. The van der Waals surface area contributed by atoms with Crippen LogP contribution in [0.4, 0.5) is 0 Å². The fraction of sp³-hybridized carbons (Fsp3) is 0.692. The molecule has 1 aromatic rings. The second-order valence-electron chi connectivity index (χ2n) is 5.39. The van der Waals surface area contributed by atoms with Crippen molar-refractivity contribution in [2.45, 2.75) is 30.6 Å². The summed E-state index contributed by atoms with van der Waals surface area (Å²) in [5.74, 6) is 0.421. The summed E-state index contributed by atoms with van der Waals surface area (Å²) in [5, 5.41) is 3.24. The first-order chi connectivity index (χ1) is 8.65. The fourth-order valence-corrected chi connectivity index (χ4v) is 3.76. The van der Waals surface area contributed by atoms with E-state index in [4.69, 9.17) is 9.72 Å². The van der Waals surface area contributed by atoms with Crippen LogP contribution in [-0.2, 0) is 14.9 Å². The zero-order chi connectivity index (χ0) is 12.8. The molecule has 18 heavy (non-hydrogen) atoms. The van der Waals surface area contributed by atoms with E-state index in [0.717, 1.165) is 31.6 Å². The third kappa shape index (κ3) is 1.86. The summed E-state index contributed by atoms with van der Waals surface area (Å²) in [6, 6.07) is 0. The SMILES string of the molecule is COC(=O)C1(c2csc(C3CCN(C)C3)n2)CC1. The molecule has 1 atom stereocenters. The molecule has 2 heterocycles. The standard InChI is InChI=1S/C13H18N2O2S/c1-15-6-3-9(7-15)11-14-10(8-18-11)13(4-5-13)12(16)17-2/h8-9H,3-7H2,1-2H3. The van der Waals surface area contributed by atoms with Crippen molar-refractivity contribution >= 4 is 17.3 Å². The molecule has 0 aromatic carbocycles. The number of aromatic nitrogens is 1. The molecule has 1 unspecified atom stereocenters. The lowest BCUT2D eigenvalue weighted by molar-refractivity contribution is -0.143. The lowest BCUT2D eigenvalue weighted by atomic mass is 10.0. The number of rotatable bonds is 3. The van der Waals surface area contributed by atoms with E-state index in [1.165, 1.54) is 18.5 Å². The predicted molar refractivity (Wildman–Crippen MR) is 69.9 cm³/mol. The monoisotopic (exact) mass is 266 g/mol. The van der Waals surface area contributed by atoms with E-state index in [2.05, 4.69) is 17.3 Å². The highest BCUT2D eigenvalue weighted by atomic mass is 32.1. The summed E-state index contributed by atoms with van der Waals surface area (Å²) in [6.07, 6.45) is 2.94. The Morgan fingerprint density at radius 2 is 2.39 bits per heavy atom. The number of likely N-dealkylation sites (tertiary alicyclic amines) is 1. The number of carbonyl (C=O) groups is 1. The molecule has 0 spiro atoms. The molecule has 5 heteroatoms. The molecular weight excluding hydrogens is 248 g/mol. The number of nitrogens with zero attached hydrogens (tertiary/aromatic N) is 2. The lowest BCUT2D eigenvalue weighted by Gasteiger charge is -2.10. The van der Waals surface area contributed by atoms with Crippen molar-refractivity contribution in [3.05, 3.63) is 16.1 Å². The minimum Gasteiger partial charge on any atom is -0.468 e. The minimum atomic E-state index is -0.409. The van der Waals surface area contributed by atoms with Crippen LogP contribution in [0.25, 0.3) is 0 Å². The summed E-state index contributed by atoms with van der Waals surface area (Å²) < 4.78 is 4.90. The van der Waals surface area contributed by atoms with Gasteiger partial charge in [-0.25, -0.2) is 4.98 Å². The average molecular weight is 266 g/mol. The summed E-state index contributed by atoms with van der Waals surface area (Å²) in [5.41, 5.74) is 0.525. The number of likely N-dealkylation sites (N-methyl/N-ethyl adjacent to an activating group) is 1. The van der Waals surface area contributed by atoms with Crippen LogP contribution in [0.5, 0.6) is 0 Å². The highest BCUT2D eigenvalue weighted by Crippen LogP contribution is 2.49. The summed E-state index contributed by atoms with van der Waals surface area (Å²) in [4.78, 5) is 18.9. The van der Waals surface area contributed by atoms with Gasteiger partial charge in [-0.05, 0) is 32.9 Å². The number of hydrogen-bond acceptors (Lipinski definition) is 5. The quantitative estimate of drug-likeness (QED) is 0.782. The maximum atomic E-state index is 11.8. The molecule has 4 nitrogen and oxygen atoms in total. The Bertz CT molecular complexity index is 467. The lowest BCUT2D eigenvalue weighted by Crippen LogP contribution is -2.22. The van der Waals surface area contributed by atoms with Crippen molar-refractivity contribution in [2.24, 2.45) is 0 Å². The van der Waals surface area contributed by atoms with Crippen molar-refractivity contribution in [1.82, 2.24) is 9.88 Å². The maximum Gasteiger partial charge on any atom is 0.317 e. The number of hydrogen-bond donors (Lipinski definition) is 0. The second-order valence-corrected chi connectivity index (χ2v) is 6.28. The molecule has 1 saturated heterocycles. The van der Waals surface area contributed by atoms with E-state index in [0.29, 0.717) is 5.92 Å². The van der Waals surface area contributed by atoms with Gasteiger partial charge in [0.25, 0.3) is 0 Å². The summed E-state index contributed by atoms with van der Waals surface area (Å²) in [6.45, 7) is 2.22. The van der Waals surface area contributed by atoms with Crippen LogP contribution in [-0.4, -0.2) is 43.1 Å². The van der Waals surface area contributed by atoms with Crippen LogP contribution < -0.4 is 0 Å². The molecule has 0 radical (unpaired) electrons. The van der Waals surface area contributed by atoms with E-state index < -0.39 is 5.41 Å². The Morgan fingerprint density at radius 1 is 1.61 bits per heavy atom. The van der Waals surface area contributed by atoms with Crippen LogP contribution in [0.15, 0.2) is 5.38 Å². The van der Waals surface area contributed by atoms with Crippen molar-refractivity contribution < 1.29 is 9.53 Å². The minimum absolute atomic E-state index is 0.122. The van der Waals surface area contributed by atoms with Crippen molar-refractivity contribution in [3.63, 3.8) is 0 Å². The molecule has 1 aromatic heterocycles. The van der Waals surface area contributed by atoms with Gasteiger partial charge in [-0.15, -0.1) is 11.3 Å². The normalized spacial score (nSPS) is 26.2. The number of methoxy groups -OCH3 is 1. The van der Waals surface area contributed by atoms with Crippen LogP contribution in [0, 0.1) is 0 Å². The van der Waals surface area contributed by atoms with E-state index in [-0.39, 0.29) is 5.97 Å². The zero-order valence-electron chi connectivity index (χ0n) is 10.8. The largest absolute Gasteiger partial charge is 0.468 e. The van der Waals surface area contributed by atoms with Gasteiger partial charge in [0.2, 0.25) is 0 Å². The molecule has 98 valence electrons. The molecule has 2 aliphatic rings. The van der Waals surface area contributed by atoms with Crippen molar-refractivity contribution in [1.29, 1.82) is 0 Å². The fourth-order valence-electron chi connectivity index (χ4n) is 2.72. The highest BCUT2D eigenvalue weighted by molar-refractivity contribution is 7.09. The third-order valence-corrected chi connectivity index (χ3v) is 5.09. The van der Waals surface area contributed by atoms with Crippen LogP contribution in [0.3, 0.4) is 0 Å². The van der Waals surface area contributed by atoms with Gasteiger partial charge in [0, 0.05) is 17.8 Å². The zero-order valence-corrected chi connectivity index (χ0v) is 11.6. The van der Waals surface area contributed by atoms with E-state index in [1.807, 2.05) is 0 Å². The molecule has 0 bridgehead atoms. The molecule has 1 aliphatic heterocycles. The van der Waals surface area contributed by atoms with Gasteiger partial charge in [-0.1, -0.05) is 0 Å². The van der Waals surface area contributed by atoms with Crippen molar-refractivity contribution in [2.75, 3.05) is 27.2 Å². The van der Waals surface area contributed by atoms with Gasteiger partial charge in [-0.2, -0.15) is 0 Å². The Morgan fingerprint density at radius 3 is 2.94 bits per heavy atom. The molecule has 3 rings (SSSR count). The first-order valence-corrected chi connectivity index (χ1v) is 7.26. The number of carbonyl (C=O) groups excluding carboxylic acids is 1. The predicted octanol–water partition coefficient (Wildman–Crippen LogP) is 1.77. The van der Waals surface area contributed by atoms with Gasteiger partial charge < -0.3 is 9.64 Å². The van der Waals surface area contributed by atoms with Crippen LogP contribution in [0.1, 0.15) is 35.9 Å². The molecule has 2 fully saturated rings. The maximum absolute atomic E-state index is 11.8. The van der Waals surface area contributed by atoms with Crippen LogP contribution >= 0.6 is 11.3 Å². The molecule has 0 N–H and O–H groups in total. The average Bonchev–Trinajstić information content (AvgIpc) is 2.84. The number of thiazole rings is 1. The first-order valence-electron chi connectivity index (χ1n) is 6.38. The highest BCUT2D eigenvalue weighted by Gasteiger charge is 2.54. The van der Waals surface area contributed by atoms with E-state index in [1.54, 1.807) is 11.3 Å². The second kappa shape index (κ2) is 4.31. The van der Waals surface area contributed by atoms with E-state index in [9.17, 15) is 4.79 Å². The molecule has 1 saturated carbocycles. The van der Waals surface area contributed by atoms with Gasteiger partial charge >= 0.3 is 5.97 Å². The summed E-state index contributed by atoms with van der Waals surface area (Å²) in [7, 11) is 3.60. The summed E-state index contributed by atoms with van der Waals surface area (Å²) >= 11 is 1.70. The Labute approximate surface area is 111 Å². The number of esters is 1. The first kappa shape index (κ1) is 12.1. The van der Waals surface area contributed by atoms with Gasteiger partial charge in [0.1, 0.15) is 5.41 Å². The molecule has 0 amide bonds. The topological polar surface area (TPSA) is 42.4 Å². The number of ether oxygens (including phenoxy) is 1. The smallest absolute Gasteiger partial charge is 0.317 e. The Hall–Kier alpha value is -0.940. The Balaban J connectivity index is 1.80. The molecular formula is C13H18N2O2S. The van der Waals surface area contributed by atoms with Crippen LogP contribution in [0.2, 0.25) is 0 Å². The van der Waals surface area contributed by atoms with E-state index >= 15 is 0 Å².